The van der Waals surface area contributed by atoms with Gasteiger partial charge in [0.25, 0.3) is 0 Å². The molecule has 1 aliphatic rings. The summed E-state index contributed by atoms with van der Waals surface area (Å²) in [6.45, 7) is 9.19. The lowest BCUT2D eigenvalue weighted by Crippen LogP contribution is -2.48. The third kappa shape index (κ3) is 5.30. The number of aromatic amines is 1. The average Bonchev–Trinajstić information content (AvgIpc) is 3.02. The van der Waals surface area contributed by atoms with Crippen LogP contribution in [0.1, 0.15) is 96.4 Å². The highest BCUT2D eigenvalue weighted by atomic mass is 15.4. The molecule has 0 amide bonds. The number of rotatable bonds is 11. The van der Waals surface area contributed by atoms with Gasteiger partial charge >= 0.3 is 0 Å². The van der Waals surface area contributed by atoms with E-state index in [1.165, 1.54) is 75.6 Å². The van der Waals surface area contributed by atoms with Gasteiger partial charge in [0.15, 0.2) is 0 Å². The number of nitrogens with zero attached hydrogens (tertiary/aromatic N) is 3. The smallest absolute Gasteiger partial charge is 0.0997 e. The lowest BCUT2D eigenvalue weighted by atomic mass is 9.85. The van der Waals surface area contributed by atoms with Crippen molar-refractivity contribution in [1.29, 1.82) is 0 Å². The second kappa shape index (κ2) is 9.41. The monoisotopic (exact) mass is 320 g/mol. The number of hydrogen-bond acceptors (Lipinski definition) is 3. The first kappa shape index (κ1) is 18.4. The summed E-state index contributed by atoms with van der Waals surface area (Å²) < 4.78 is 0. The van der Waals surface area contributed by atoms with Crippen LogP contribution in [0.15, 0.2) is 0 Å². The number of fused-ring (bicyclic) bond motifs is 1. The number of hydrogen-bond donors (Lipinski definition) is 1. The summed E-state index contributed by atoms with van der Waals surface area (Å²) in [6.07, 6.45) is 14.6. The van der Waals surface area contributed by atoms with Crippen molar-refractivity contribution in [2.75, 3.05) is 6.54 Å². The molecule has 132 valence electrons. The van der Waals surface area contributed by atoms with Crippen molar-refractivity contribution in [1.82, 2.24) is 20.3 Å². The molecule has 0 bridgehead atoms. The molecule has 0 fully saturated rings. The van der Waals surface area contributed by atoms with E-state index in [2.05, 4.69) is 41.1 Å². The van der Waals surface area contributed by atoms with E-state index in [0.717, 1.165) is 19.5 Å². The van der Waals surface area contributed by atoms with Gasteiger partial charge in [-0.1, -0.05) is 65.2 Å². The molecule has 1 unspecified atom stereocenters. The predicted molar refractivity (Wildman–Crippen MR) is 96.4 cm³/mol. The number of aromatic nitrogens is 3. The zero-order valence-corrected chi connectivity index (χ0v) is 15.5. The Bertz CT molecular complexity index is 442. The van der Waals surface area contributed by atoms with Crippen molar-refractivity contribution >= 4 is 0 Å². The maximum absolute atomic E-state index is 4.36. The summed E-state index contributed by atoms with van der Waals surface area (Å²) in [4.78, 5) is 2.69. The first-order valence-corrected chi connectivity index (χ1v) is 9.83. The van der Waals surface area contributed by atoms with Crippen LogP contribution in [-0.4, -0.2) is 32.4 Å². The summed E-state index contributed by atoms with van der Waals surface area (Å²) in [6, 6.07) is 0. The SMILES string of the molecule is CCCCCCCC(C)(CCCCC)N1CCc2n[nH]nc2C1. The largest absolute Gasteiger partial charge is 0.292 e. The molecule has 1 N–H and O–H groups in total. The maximum Gasteiger partial charge on any atom is 0.0997 e. The van der Waals surface area contributed by atoms with Crippen molar-refractivity contribution in [2.24, 2.45) is 0 Å². The number of unbranched alkanes of at least 4 members (excludes halogenated alkanes) is 6. The van der Waals surface area contributed by atoms with Crippen LogP contribution in [0.5, 0.6) is 0 Å². The molecule has 0 saturated heterocycles. The summed E-state index contributed by atoms with van der Waals surface area (Å²) in [5.74, 6) is 0. The minimum atomic E-state index is 0.331. The highest BCUT2D eigenvalue weighted by Gasteiger charge is 2.34. The van der Waals surface area contributed by atoms with Crippen LogP contribution < -0.4 is 0 Å². The van der Waals surface area contributed by atoms with E-state index >= 15 is 0 Å². The first-order valence-electron chi connectivity index (χ1n) is 9.83. The Morgan fingerprint density at radius 3 is 2.26 bits per heavy atom. The Morgan fingerprint density at radius 1 is 0.913 bits per heavy atom. The molecule has 0 saturated carbocycles. The Morgan fingerprint density at radius 2 is 1.52 bits per heavy atom. The Kier molecular flexibility index (Phi) is 7.54. The lowest BCUT2D eigenvalue weighted by molar-refractivity contribution is 0.0648. The van der Waals surface area contributed by atoms with Gasteiger partial charge in [0, 0.05) is 25.0 Å². The summed E-state index contributed by atoms with van der Waals surface area (Å²) >= 11 is 0. The first-order chi connectivity index (χ1) is 11.2. The van der Waals surface area contributed by atoms with Crippen LogP contribution in [0.4, 0.5) is 0 Å². The molecule has 4 nitrogen and oxygen atoms in total. The van der Waals surface area contributed by atoms with E-state index in [1.807, 2.05) is 0 Å². The predicted octanol–water partition coefficient (Wildman–Crippen LogP) is 4.86. The van der Waals surface area contributed by atoms with Crippen LogP contribution >= 0.6 is 0 Å². The van der Waals surface area contributed by atoms with Crippen LogP contribution in [0, 0.1) is 0 Å². The van der Waals surface area contributed by atoms with Crippen LogP contribution in [-0.2, 0) is 13.0 Å². The highest BCUT2D eigenvalue weighted by molar-refractivity contribution is 5.13. The lowest BCUT2D eigenvalue weighted by Gasteiger charge is -2.43. The fraction of sp³-hybridized carbons (Fsp3) is 0.895. The molecular weight excluding hydrogens is 284 g/mol. The minimum Gasteiger partial charge on any atom is -0.292 e. The van der Waals surface area contributed by atoms with Crippen LogP contribution in [0.2, 0.25) is 0 Å². The fourth-order valence-corrected chi connectivity index (χ4v) is 3.87. The molecule has 23 heavy (non-hydrogen) atoms. The number of H-pyrrole nitrogens is 1. The summed E-state index contributed by atoms with van der Waals surface area (Å²) in [5.41, 5.74) is 2.68. The normalized spacial score (nSPS) is 17.9. The zero-order valence-electron chi connectivity index (χ0n) is 15.5. The van der Waals surface area contributed by atoms with Gasteiger partial charge < -0.3 is 0 Å². The van der Waals surface area contributed by atoms with E-state index < -0.39 is 0 Å². The molecule has 0 radical (unpaired) electrons. The molecule has 1 atom stereocenters. The van der Waals surface area contributed by atoms with E-state index in [4.69, 9.17) is 0 Å². The van der Waals surface area contributed by atoms with E-state index in [-0.39, 0.29) is 0 Å². The van der Waals surface area contributed by atoms with Crippen molar-refractivity contribution in [3.05, 3.63) is 11.4 Å². The molecule has 0 spiro atoms. The van der Waals surface area contributed by atoms with E-state index in [1.54, 1.807) is 0 Å². The molecule has 0 aliphatic carbocycles. The van der Waals surface area contributed by atoms with Crippen LogP contribution in [0.3, 0.4) is 0 Å². The third-order valence-electron chi connectivity index (χ3n) is 5.56. The van der Waals surface area contributed by atoms with Gasteiger partial charge in [-0.05, 0) is 19.8 Å². The second-order valence-electron chi connectivity index (χ2n) is 7.51. The Hall–Kier alpha value is -0.900. The molecule has 1 aromatic heterocycles. The molecule has 2 rings (SSSR count). The van der Waals surface area contributed by atoms with Gasteiger partial charge in [-0.25, -0.2) is 0 Å². The molecular formula is C19H36N4. The Balaban J connectivity index is 1.92. The molecule has 2 heterocycles. The molecule has 0 aromatic carbocycles. The van der Waals surface area contributed by atoms with E-state index in [9.17, 15) is 0 Å². The van der Waals surface area contributed by atoms with Gasteiger partial charge in [0.1, 0.15) is 0 Å². The Labute approximate surface area is 142 Å². The topological polar surface area (TPSA) is 44.8 Å². The van der Waals surface area contributed by atoms with E-state index in [0.29, 0.717) is 5.54 Å². The summed E-state index contributed by atoms with van der Waals surface area (Å²) in [5, 5.41) is 11.4. The molecule has 1 aliphatic heterocycles. The molecule has 4 heteroatoms. The highest BCUT2D eigenvalue weighted by Crippen LogP contribution is 2.32. The maximum atomic E-state index is 4.36. The van der Waals surface area contributed by atoms with Crippen molar-refractivity contribution in [3.8, 4) is 0 Å². The summed E-state index contributed by atoms with van der Waals surface area (Å²) in [7, 11) is 0. The van der Waals surface area contributed by atoms with Gasteiger partial charge in [-0.3, -0.25) is 4.90 Å². The van der Waals surface area contributed by atoms with Crippen molar-refractivity contribution < 1.29 is 0 Å². The van der Waals surface area contributed by atoms with Crippen molar-refractivity contribution in [2.45, 2.75) is 103 Å². The third-order valence-corrected chi connectivity index (χ3v) is 5.56. The fourth-order valence-electron chi connectivity index (χ4n) is 3.87. The van der Waals surface area contributed by atoms with Crippen LogP contribution in [0.25, 0.3) is 0 Å². The van der Waals surface area contributed by atoms with Crippen molar-refractivity contribution in [3.63, 3.8) is 0 Å². The van der Waals surface area contributed by atoms with Gasteiger partial charge in [0.2, 0.25) is 0 Å². The molecule has 1 aromatic rings. The van der Waals surface area contributed by atoms with Gasteiger partial charge in [-0.2, -0.15) is 15.4 Å². The standard InChI is InChI=1S/C19H36N4/c1-4-6-8-9-11-14-19(3,13-10-7-5-2)23-15-12-17-18(16-23)21-22-20-17/h4-16H2,1-3H3,(H,20,21,22). The number of nitrogens with one attached hydrogen (secondary N) is 1. The second-order valence-corrected chi connectivity index (χ2v) is 7.51. The van der Waals surface area contributed by atoms with Gasteiger partial charge in [-0.15, -0.1) is 0 Å². The van der Waals surface area contributed by atoms with Gasteiger partial charge in [0.05, 0.1) is 11.4 Å². The minimum absolute atomic E-state index is 0.331. The average molecular weight is 321 g/mol. The quantitative estimate of drug-likeness (QED) is 0.592. The zero-order chi connectivity index (χ0) is 16.5.